The van der Waals surface area contributed by atoms with Gasteiger partial charge in [-0.25, -0.2) is 17.5 Å². The number of hydrogen-bond donors (Lipinski definition) is 2. The molecule has 0 unspecified atom stereocenters. The summed E-state index contributed by atoms with van der Waals surface area (Å²) in [5.41, 5.74) is 0.307. The molecule has 2 N–H and O–H groups in total. The number of carbonyl (C=O) groups is 1. The molecular formula is C16H23FN2O3S. The van der Waals surface area contributed by atoms with Gasteiger partial charge in [0, 0.05) is 6.04 Å². The zero-order chi connectivity index (χ0) is 16.9. The fourth-order valence-electron chi connectivity index (χ4n) is 2.86. The lowest BCUT2D eigenvalue weighted by Crippen LogP contribution is -2.41. The predicted molar refractivity (Wildman–Crippen MR) is 86.0 cm³/mol. The van der Waals surface area contributed by atoms with Crippen LogP contribution in [0, 0.1) is 12.7 Å². The number of nitrogens with one attached hydrogen (secondary N) is 2. The van der Waals surface area contributed by atoms with Gasteiger partial charge < -0.3 is 5.32 Å². The van der Waals surface area contributed by atoms with Crippen molar-refractivity contribution in [2.24, 2.45) is 0 Å². The molecule has 0 aliphatic heterocycles. The van der Waals surface area contributed by atoms with Gasteiger partial charge in [-0.3, -0.25) is 4.79 Å². The quantitative estimate of drug-likeness (QED) is 0.806. The van der Waals surface area contributed by atoms with E-state index in [-0.39, 0.29) is 23.4 Å². The van der Waals surface area contributed by atoms with E-state index in [9.17, 15) is 17.6 Å². The third-order valence-corrected chi connectivity index (χ3v) is 5.63. The summed E-state index contributed by atoms with van der Waals surface area (Å²) >= 11 is 0. The normalized spacial score (nSPS) is 16.8. The molecule has 1 aromatic rings. The van der Waals surface area contributed by atoms with Gasteiger partial charge in [-0.2, -0.15) is 0 Å². The minimum absolute atomic E-state index is 0.0128. The van der Waals surface area contributed by atoms with Crippen LogP contribution >= 0.6 is 0 Å². The topological polar surface area (TPSA) is 75.3 Å². The molecule has 1 aromatic carbocycles. The van der Waals surface area contributed by atoms with Crippen molar-refractivity contribution in [1.82, 2.24) is 10.0 Å². The largest absolute Gasteiger partial charge is 0.352 e. The van der Waals surface area contributed by atoms with Crippen LogP contribution in [0.5, 0.6) is 0 Å². The highest BCUT2D eigenvalue weighted by molar-refractivity contribution is 7.89. The van der Waals surface area contributed by atoms with Gasteiger partial charge in [-0.15, -0.1) is 0 Å². The van der Waals surface area contributed by atoms with Crippen LogP contribution in [-0.2, 0) is 14.8 Å². The van der Waals surface area contributed by atoms with E-state index in [1.165, 1.54) is 25.8 Å². The van der Waals surface area contributed by atoms with Crippen molar-refractivity contribution in [1.29, 1.82) is 0 Å². The second-order valence-electron chi connectivity index (χ2n) is 5.99. The van der Waals surface area contributed by atoms with Crippen LogP contribution in [0.15, 0.2) is 23.1 Å². The Morgan fingerprint density at radius 2 is 1.87 bits per heavy atom. The average molecular weight is 342 g/mol. The fraction of sp³-hybridized carbons (Fsp3) is 0.562. The first-order valence-corrected chi connectivity index (χ1v) is 9.42. The molecule has 0 atom stereocenters. The van der Waals surface area contributed by atoms with Crippen LogP contribution in [0.1, 0.15) is 44.1 Å². The lowest BCUT2D eigenvalue weighted by molar-refractivity contribution is -0.120. The van der Waals surface area contributed by atoms with Crippen LogP contribution in [-0.4, -0.2) is 26.9 Å². The van der Waals surface area contributed by atoms with E-state index >= 15 is 0 Å². The van der Waals surface area contributed by atoms with Gasteiger partial charge in [-0.1, -0.05) is 25.7 Å². The third kappa shape index (κ3) is 5.28. The summed E-state index contributed by atoms with van der Waals surface area (Å²) < 4.78 is 39.7. The summed E-state index contributed by atoms with van der Waals surface area (Å²) in [7, 11) is -3.83. The number of carbonyl (C=O) groups excluding carboxylic acids is 1. The van der Waals surface area contributed by atoms with Gasteiger partial charge in [0.25, 0.3) is 0 Å². The Balaban J connectivity index is 1.91. The number of benzene rings is 1. The van der Waals surface area contributed by atoms with E-state index < -0.39 is 15.8 Å². The van der Waals surface area contributed by atoms with Crippen molar-refractivity contribution in [3.63, 3.8) is 0 Å². The number of aryl methyl sites for hydroxylation is 1. The molecule has 1 fully saturated rings. The standard InChI is InChI=1S/C16H23FN2O3S/c1-12-10-13(17)8-9-15(12)23(21,22)18-11-16(20)19-14-6-4-2-3-5-7-14/h8-10,14,18H,2-7,11H2,1H3,(H,19,20). The van der Waals surface area contributed by atoms with Crippen molar-refractivity contribution in [2.75, 3.05) is 6.54 Å². The van der Waals surface area contributed by atoms with Crippen LogP contribution < -0.4 is 10.0 Å². The van der Waals surface area contributed by atoms with Gasteiger partial charge >= 0.3 is 0 Å². The first kappa shape index (κ1) is 17.9. The third-order valence-electron chi connectivity index (χ3n) is 4.07. The molecule has 0 aromatic heterocycles. The molecule has 0 bridgehead atoms. The molecule has 23 heavy (non-hydrogen) atoms. The number of amides is 1. The molecule has 0 radical (unpaired) electrons. The van der Waals surface area contributed by atoms with Gasteiger partial charge in [-0.05, 0) is 43.5 Å². The monoisotopic (exact) mass is 342 g/mol. The van der Waals surface area contributed by atoms with Crippen LogP contribution in [0.4, 0.5) is 4.39 Å². The minimum Gasteiger partial charge on any atom is -0.352 e. The maximum absolute atomic E-state index is 13.1. The van der Waals surface area contributed by atoms with E-state index in [4.69, 9.17) is 0 Å². The highest BCUT2D eigenvalue weighted by Crippen LogP contribution is 2.17. The maximum Gasteiger partial charge on any atom is 0.241 e. The fourth-order valence-corrected chi connectivity index (χ4v) is 4.06. The van der Waals surface area contributed by atoms with Gasteiger partial charge in [0.1, 0.15) is 5.82 Å². The molecule has 7 heteroatoms. The van der Waals surface area contributed by atoms with Crippen LogP contribution in [0.25, 0.3) is 0 Å². The molecule has 128 valence electrons. The van der Waals surface area contributed by atoms with E-state index in [2.05, 4.69) is 10.0 Å². The smallest absolute Gasteiger partial charge is 0.241 e. The predicted octanol–water partition coefficient (Wildman–Crippen LogP) is 2.25. The molecule has 0 spiro atoms. The van der Waals surface area contributed by atoms with Crippen LogP contribution in [0.3, 0.4) is 0 Å². The number of hydrogen-bond acceptors (Lipinski definition) is 3. The average Bonchev–Trinajstić information content (AvgIpc) is 2.73. The second kappa shape index (κ2) is 7.88. The summed E-state index contributed by atoms with van der Waals surface area (Å²) in [6.07, 6.45) is 6.42. The SMILES string of the molecule is Cc1cc(F)ccc1S(=O)(=O)NCC(=O)NC1CCCCCC1. The van der Waals surface area contributed by atoms with Crippen molar-refractivity contribution < 1.29 is 17.6 Å². The first-order chi connectivity index (χ1) is 10.9. The Hall–Kier alpha value is -1.47. The molecule has 1 amide bonds. The highest BCUT2D eigenvalue weighted by Gasteiger charge is 2.20. The Labute approximate surface area is 136 Å². The summed E-state index contributed by atoms with van der Waals surface area (Å²) in [6.45, 7) is 1.21. The molecule has 0 heterocycles. The summed E-state index contributed by atoms with van der Waals surface area (Å²) in [6, 6.07) is 3.57. The van der Waals surface area contributed by atoms with E-state index in [1.54, 1.807) is 0 Å². The van der Waals surface area contributed by atoms with Crippen molar-refractivity contribution >= 4 is 15.9 Å². The molecule has 1 aliphatic rings. The zero-order valence-electron chi connectivity index (χ0n) is 13.3. The summed E-state index contributed by atoms with van der Waals surface area (Å²) in [5.74, 6) is -0.826. The maximum atomic E-state index is 13.1. The molecule has 5 nitrogen and oxygen atoms in total. The summed E-state index contributed by atoms with van der Waals surface area (Å²) in [4.78, 5) is 11.9. The molecule has 1 saturated carbocycles. The van der Waals surface area contributed by atoms with Gasteiger partial charge in [0.2, 0.25) is 15.9 Å². The molecular weight excluding hydrogens is 319 g/mol. The first-order valence-electron chi connectivity index (χ1n) is 7.94. The molecule has 1 aliphatic carbocycles. The molecule has 2 rings (SSSR count). The number of rotatable bonds is 5. The Bertz CT molecular complexity index is 653. The summed E-state index contributed by atoms with van der Waals surface area (Å²) in [5, 5.41) is 2.88. The zero-order valence-corrected chi connectivity index (χ0v) is 14.1. The van der Waals surface area contributed by atoms with Crippen LogP contribution in [0.2, 0.25) is 0 Å². The lowest BCUT2D eigenvalue weighted by Gasteiger charge is -2.16. The van der Waals surface area contributed by atoms with Crippen molar-refractivity contribution in [3.8, 4) is 0 Å². The van der Waals surface area contributed by atoms with E-state index in [0.29, 0.717) is 5.56 Å². The lowest BCUT2D eigenvalue weighted by atomic mass is 10.1. The molecule has 0 saturated heterocycles. The minimum atomic E-state index is -3.83. The Kier molecular flexibility index (Phi) is 6.12. The van der Waals surface area contributed by atoms with Crippen molar-refractivity contribution in [2.45, 2.75) is 56.4 Å². The van der Waals surface area contributed by atoms with Gasteiger partial charge in [0.15, 0.2) is 0 Å². The van der Waals surface area contributed by atoms with E-state index in [1.807, 2.05) is 0 Å². The second-order valence-corrected chi connectivity index (χ2v) is 7.73. The van der Waals surface area contributed by atoms with E-state index in [0.717, 1.165) is 37.8 Å². The highest BCUT2D eigenvalue weighted by atomic mass is 32.2. The number of halogens is 1. The Morgan fingerprint density at radius 1 is 1.22 bits per heavy atom. The van der Waals surface area contributed by atoms with Crippen molar-refractivity contribution in [3.05, 3.63) is 29.6 Å². The number of sulfonamides is 1. The Morgan fingerprint density at radius 3 is 2.48 bits per heavy atom. The van der Waals surface area contributed by atoms with Gasteiger partial charge in [0.05, 0.1) is 11.4 Å².